The minimum absolute atomic E-state index is 0.255. The summed E-state index contributed by atoms with van der Waals surface area (Å²) in [6.07, 6.45) is 5.90. The molecule has 2 N–H and O–H groups in total. The predicted molar refractivity (Wildman–Crippen MR) is 72.3 cm³/mol. The van der Waals surface area contributed by atoms with E-state index in [9.17, 15) is 4.21 Å². The normalized spacial score (nSPS) is 27.4. The van der Waals surface area contributed by atoms with Crippen LogP contribution in [0.1, 0.15) is 32.1 Å². The Kier molecular flexibility index (Phi) is 4.75. The van der Waals surface area contributed by atoms with Crippen LogP contribution in [0.4, 0.5) is 0 Å². The average molecular weight is 251 g/mol. The van der Waals surface area contributed by atoms with Gasteiger partial charge in [-0.05, 0) is 37.4 Å². The Hall–Kier alpha value is -0.670. The molecule has 1 saturated carbocycles. The third-order valence-electron chi connectivity index (χ3n) is 3.64. The van der Waals surface area contributed by atoms with Gasteiger partial charge in [-0.15, -0.1) is 0 Å². The summed E-state index contributed by atoms with van der Waals surface area (Å²) < 4.78 is 12.6. The lowest BCUT2D eigenvalue weighted by Crippen LogP contribution is -2.30. The Labute approximate surface area is 106 Å². The van der Waals surface area contributed by atoms with Crippen molar-refractivity contribution >= 4 is 10.8 Å². The van der Waals surface area contributed by atoms with E-state index in [2.05, 4.69) is 0 Å². The van der Waals surface area contributed by atoms with E-state index in [0.717, 1.165) is 17.7 Å². The van der Waals surface area contributed by atoms with E-state index in [1.807, 2.05) is 30.3 Å². The Balaban J connectivity index is 2.16. The molecule has 1 aromatic carbocycles. The lowest BCUT2D eigenvalue weighted by atomic mass is 10.0. The molecule has 3 unspecified atom stereocenters. The van der Waals surface area contributed by atoms with Gasteiger partial charge in [-0.25, -0.2) is 0 Å². The molecule has 0 saturated heterocycles. The maximum Gasteiger partial charge on any atom is 0.0564 e. The molecule has 17 heavy (non-hydrogen) atoms. The number of hydrogen-bond acceptors (Lipinski definition) is 2. The van der Waals surface area contributed by atoms with Crippen LogP contribution in [0.5, 0.6) is 0 Å². The zero-order chi connectivity index (χ0) is 12.1. The van der Waals surface area contributed by atoms with Crippen molar-refractivity contribution in [3.05, 3.63) is 30.3 Å². The van der Waals surface area contributed by atoms with Gasteiger partial charge in [0.1, 0.15) is 0 Å². The van der Waals surface area contributed by atoms with Crippen LogP contribution >= 0.6 is 0 Å². The molecule has 0 bridgehead atoms. The van der Waals surface area contributed by atoms with E-state index in [0.29, 0.717) is 12.5 Å². The lowest BCUT2D eigenvalue weighted by molar-refractivity contribution is 0.473. The fourth-order valence-corrected chi connectivity index (χ4v) is 4.38. The summed E-state index contributed by atoms with van der Waals surface area (Å²) in [5.74, 6) is 0.429. The van der Waals surface area contributed by atoms with Crippen LogP contribution in [0.2, 0.25) is 0 Å². The molecule has 3 atom stereocenters. The van der Waals surface area contributed by atoms with Crippen molar-refractivity contribution in [3.63, 3.8) is 0 Å². The van der Waals surface area contributed by atoms with Crippen molar-refractivity contribution in [1.29, 1.82) is 0 Å². The molecule has 0 spiro atoms. The molecule has 1 fully saturated rings. The highest BCUT2D eigenvalue weighted by molar-refractivity contribution is 7.85. The first-order valence-corrected chi connectivity index (χ1v) is 7.70. The summed E-state index contributed by atoms with van der Waals surface area (Å²) in [6.45, 7) is 0.670. The fraction of sp³-hybridized carbons (Fsp3) is 0.571. The zero-order valence-electron chi connectivity index (χ0n) is 10.2. The molecule has 2 nitrogen and oxygen atoms in total. The van der Waals surface area contributed by atoms with Gasteiger partial charge >= 0.3 is 0 Å². The van der Waals surface area contributed by atoms with Crippen molar-refractivity contribution in [3.8, 4) is 0 Å². The molecule has 1 aromatic rings. The van der Waals surface area contributed by atoms with Crippen LogP contribution in [0.25, 0.3) is 0 Å². The first-order valence-electron chi connectivity index (χ1n) is 6.48. The number of nitrogens with two attached hydrogens (primary N) is 1. The van der Waals surface area contributed by atoms with E-state index < -0.39 is 10.8 Å². The van der Waals surface area contributed by atoms with Gasteiger partial charge in [0.05, 0.1) is 10.8 Å². The Bertz CT molecular complexity index is 366. The van der Waals surface area contributed by atoms with E-state index in [-0.39, 0.29) is 5.25 Å². The summed E-state index contributed by atoms with van der Waals surface area (Å²) in [4.78, 5) is 0.956. The number of benzene rings is 1. The molecule has 3 heteroatoms. The van der Waals surface area contributed by atoms with E-state index in [4.69, 9.17) is 5.73 Å². The second-order valence-electron chi connectivity index (χ2n) is 4.78. The molecule has 0 aromatic heterocycles. The molecule has 94 valence electrons. The minimum Gasteiger partial charge on any atom is -0.330 e. The maximum absolute atomic E-state index is 12.6. The first kappa shape index (κ1) is 12.8. The third-order valence-corrected chi connectivity index (χ3v) is 5.55. The molecule has 2 rings (SSSR count). The van der Waals surface area contributed by atoms with Gasteiger partial charge in [0, 0.05) is 10.1 Å². The van der Waals surface area contributed by atoms with Crippen LogP contribution in [0, 0.1) is 5.92 Å². The van der Waals surface area contributed by atoms with Gasteiger partial charge in [-0.1, -0.05) is 37.5 Å². The summed E-state index contributed by atoms with van der Waals surface area (Å²) in [5.41, 5.74) is 5.84. The molecular formula is C14H21NOS. The number of hydrogen-bond donors (Lipinski definition) is 1. The van der Waals surface area contributed by atoms with Crippen molar-refractivity contribution < 1.29 is 4.21 Å². The standard InChI is InChI=1S/C14H21NOS/c15-11-12-7-3-1-6-10-14(12)17(16)13-8-4-2-5-9-13/h2,4-5,8-9,12,14H,1,3,6-7,10-11,15H2. The zero-order valence-corrected chi connectivity index (χ0v) is 11.0. The topological polar surface area (TPSA) is 43.1 Å². The number of rotatable bonds is 3. The molecule has 0 aliphatic heterocycles. The van der Waals surface area contributed by atoms with Gasteiger partial charge in [0.25, 0.3) is 0 Å². The average Bonchev–Trinajstić information content (AvgIpc) is 2.64. The highest BCUT2D eigenvalue weighted by atomic mass is 32.2. The van der Waals surface area contributed by atoms with Gasteiger partial charge in [0.2, 0.25) is 0 Å². The Morgan fingerprint density at radius 3 is 2.53 bits per heavy atom. The summed E-state index contributed by atoms with van der Waals surface area (Å²) in [5, 5.41) is 0.255. The Morgan fingerprint density at radius 2 is 1.82 bits per heavy atom. The molecular weight excluding hydrogens is 230 g/mol. The second kappa shape index (κ2) is 6.31. The van der Waals surface area contributed by atoms with E-state index >= 15 is 0 Å². The van der Waals surface area contributed by atoms with Gasteiger partial charge in [-0.2, -0.15) is 0 Å². The summed E-state index contributed by atoms with van der Waals surface area (Å²) in [7, 11) is -0.891. The molecule has 1 aliphatic carbocycles. The summed E-state index contributed by atoms with van der Waals surface area (Å²) in [6, 6.07) is 9.82. The minimum atomic E-state index is -0.891. The lowest BCUT2D eigenvalue weighted by Gasteiger charge is -2.23. The predicted octanol–water partition coefficient (Wildman–Crippen LogP) is 2.70. The molecule has 0 heterocycles. The second-order valence-corrected chi connectivity index (χ2v) is 6.45. The van der Waals surface area contributed by atoms with Gasteiger partial charge < -0.3 is 5.73 Å². The van der Waals surface area contributed by atoms with Crippen molar-refractivity contribution in [2.45, 2.75) is 42.2 Å². The van der Waals surface area contributed by atoms with Gasteiger partial charge in [-0.3, -0.25) is 4.21 Å². The fourth-order valence-electron chi connectivity index (χ4n) is 2.63. The first-order chi connectivity index (χ1) is 8.33. The van der Waals surface area contributed by atoms with Crippen molar-refractivity contribution in [2.24, 2.45) is 11.7 Å². The highest BCUT2D eigenvalue weighted by Gasteiger charge is 2.28. The van der Waals surface area contributed by atoms with Crippen molar-refractivity contribution in [1.82, 2.24) is 0 Å². The van der Waals surface area contributed by atoms with Crippen molar-refractivity contribution in [2.75, 3.05) is 6.54 Å². The van der Waals surface area contributed by atoms with Crippen LogP contribution < -0.4 is 5.73 Å². The van der Waals surface area contributed by atoms with E-state index in [1.165, 1.54) is 19.3 Å². The van der Waals surface area contributed by atoms with Crippen LogP contribution in [-0.4, -0.2) is 16.0 Å². The van der Waals surface area contributed by atoms with Crippen LogP contribution in [0.3, 0.4) is 0 Å². The molecule has 1 aliphatic rings. The highest BCUT2D eigenvalue weighted by Crippen LogP contribution is 2.29. The third kappa shape index (κ3) is 3.17. The monoisotopic (exact) mass is 251 g/mol. The van der Waals surface area contributed by atoms with Crippen LogP contribution in [0.15, 0.2) is 35.2 Å². The van der Waals surface area contributed by atoms with Gasteiger partial charge in [0.15, 0.2) is 0 Å². The van der Waals surface area contributed by atoms with E-state index in [1.54, 1.807) is 0 Å². The Morgan fingerprint density at radius 1 is 1.12 bits per heavy atom. The quantitative estimate of drug-likeness (QED) is 0.839. The smallest absolute Gasteiger partial charge is 0.0564 e. The SMILES string of the molecule is NCC1CCCCCC1S(=O)c1ccccc1. The van der Waals surface area contributed by atoms with Crippen LogP contribution in [-0.2, 0) is 10.8 Å². The largest absolute Gasteiger partial charge is 0.330 e. The molecule has 0 radical (unpaired) electrons. The molecule has 0 amide bonds. The maximum atomic E-state index is 12.6. The summed E-state index contributed by atoms with van der Waals surface area (Å²) >= 11 is 0.